The van der Waals surface area contributed by atoms with Gasteiger partial charge in [0.2, 0.25) is 5.88 Å². The van der Waals surface area contributed by atoms with E-state index in [0.29, 0.717) is 44.1 Å². The van der Waals surface area contributed by atoms with Gasteiger partial charge in [-0.1, -0.05) is 6.07 Å². The molecule has 22 heavy (non-hydrogen) atoms. The number of rotatable bonds is 4. The van der Waals surface area contributed by atoms with Crippen molar-refractivity contribution < 1.29 is 19.1 Å². The Morgan fingerprint density at radius 2 is 2.09 bits per heavy atom. The van der Waals surface area contributed by atoms with E-state index in [1.807, 2.05) is 0 Å². The largest absolute Gasteiger partial charge is 0.481 e. The number of likely N-dealkylation sites (tertiary alicyclic amines) is 1. The summed E-state index contributed by atoms with van der Waals surface area (Å²) in [6.07, 6.45) is 1.12. The molecule has 0 spiro atoms. The summed E-state index contributed by atoms with van der Waals surface area (Å²) in [6.45, 7) is 3.31. The van der Waals surface area contributed by atoms with Crippen molar-refractivity contribution in [1.82, 2.24) is 15.2 Å². The average Bonchev–Trinajstić information content (AvgIpc) is 2.55. The SMILES string of the molecule is CCOC(=O)N1CCC(NC(=O)c2cccc(OC)n2)CC1. The number of aromatic nitrogens is 1. The van der Waals surface area contributed by atoms with Gasteiger partial charge in [-0.15, -0.1) is 0 Å². The third kappa shape index (κ3) is 4.09. The van der Waals surface area contributed by atoms with Crippen molar-refractivity contribution in [2.45, 2.75) is 25.8 Å². The maximum absolute atomic E-state index is 12.2. The van der Waals surface area contributed by atoms with Crippen molar-refractivity contribution in [3.05, 3.63) is 23.9 Å². The third-order valence-corrected chi connectivity index (χ3v) is 3.52. The zero-order valence-electron chi connectivity index (χ0n) is 12.9. The fourth-order valence-electron chi connectivity index (χ4n) is 2.34. The van der Waals surface area contributed by atoms with Gasteiger partial charge in [-0.05, 0) is 25.8 Å². The van der Waals surface area contributed by atoms with Crippen LogP contribution in [-0.4, -0.2) is 54.7 Å². The number of carbonyl (C=O) groups is 2. The molecular weight excluding hydrogens is 286 g/mol. The van der Waals surface area contributed by atoms with E-state index in [-0.39, 0.29) is 18.0 Å². The van der Waals surface area contributed by atoms with Gasteiger partial charge in [-0.2, -0.15) is 0 Å². The molecule has 7 nitrogen and oxygen atoms in total. The van der Waals surface area contributed by atoms with Crippen LogP contribution in [0.4, 0.5) is 4.79 Å². The normalized spacial score (nSPS) is 15.3. The Hall–Kier alpha value is -2.31. The van der Waals surface area contributed by atoms with E-state index >= 15 is 0 Å². The molecule has 1 N–H and O–H groups in total. The van der Waals surface area contributed by atoms with Crippen LogP contribution in [0.15, 0.2) is 18.2 Å². The summed E-state index contributed by atoms with van der Waals surface area (Å²) in [6, 6.07) is 5.09. The van der Waals surface area contributed by atoms with Gasteiger partial charge in [0.25, 0.3) is 5.91 Å². The maximum Gasteiger partial charge on any atom is 0.409 e. The van der Waals surface area contributed by atoms with E-state index in [1.165, 1.54) is 7.11 Å². The number of ether oxygens (including phenoxy) is 2. The van der Waals surface area contributed by atoms with Gasteiger partial charge >= 0.3 is 6.09 Å². The van der Waals surface area contributed by atoms with Crippen LogP contribution in [0.3, 0.4) is 0 Å². The molecule has 1 aromatic rings. The Bertz CT molecular complexity index is 527. The van der Waals surface area contributed by atoms with E-state index in [9.17, 15) is 9.59 Å². The Balaban J connectivity index is 1.85. The second-order valence-corrected chi connectivity index (χ2v) is 5.00. The molecule has 0 saturated carbocycles. The number of carbonyl (C=O) groups excluding carboxylic acids is 2. The van der Waals surface area contributed by atoms with E-state index < -0.39 is 0 Å². The molecule has 2 rings (SSSR count). The first-order valence-electron chi connectivity index (χ1n) is 7.37. The summed E-state index contributed by atoms with van der Waals surface area (Å²) in [5, 5.41) is 2.94. The standard InChI is InChI=1S/C15H21N3O4/c1-3-22-15(20)18-9-7-11(8-10-18)16-14(19)12-5-4-6-13(17-12)21-2/h4-6,11H,3,7-10H2,1-2H3,(H,16,19). The topological polar surface area (TPSA) is 80.8 Å². The molecule has 120 valence electrons. The summed E-state index contributed by atoms with van der Waals surface area (Å²) < 4.78 is 9.98. The highest BCUT2D eigenvalue weighted by atomic mass is 16.6. The molecule has 1 saturated heterocycles. The van der Waals surface area contributed by atoms with Gasteiger partial charge in [0.05, 0.1) is 13.7 Å². The summed E-state index contributed by atoms with van der Waals surface area (Å²) in [7, 11) is 1.51. The van der Waals surface area contributed by atoms with Crippen molar-refractivity contribution in [2.75, 3.05) is 26.8 Å². The fraction of sp³-hybridized carbons (Fsp3) is 0.533. The first-order valence-corrected chi connectivity index (χ1v) is 7.37. The Morgan fingerprint density at radius 1 is 1.36 bits per heavy atom. The second kappa shape index (κ2) is 7.63. The molecule has 0 radical (unpaired) electrons. The van der Waals surface area contributed by atoms with Crippen molar-refractivity contribution in [2.24, 2.45) is 0 Å². The quantitative estimate of drug-likeness (QED) is 0.910. The number of pyridine rings is 1. The van der Waals surface area contributed by atoms with E-state index in [1.54, 1.807) is 30.0 Å². The summed E-state index contributed by atoms with van der Waals surface area (Å²) in [4.78, 5) is 29.5. The van der Waals surface area contributed by atoms with Gasteiger partial charge in [-0.3, -0.25) is 4.79 Å². The minimum absolute atomic E-state index is 0.0335. The van der Waals surface area contributed by atoms with Gasteiger partial charge in [0.15, 0.2) is 0 Å². The molecule has 2 heterocycles. The first kappa shape index (κ1) is 16.1. The molecule has 2 amide bonds. The molecule has 0 bridgehead atoms. The van der Waals surface area contributed by atoms with Crippen molar-refractivity contribution in [1.29, 1.82) is 0 Å². The van der Waals surface area contributed by atoms with Crippen molar-refractivity contribution in [3.63, 3.8) is 0 Å². The number of nitrogens with zero attached hydrogens (tertiary/aromatic N) is 2. The van der Waals surface area contributed by atoms with Gasteiger partial charge in [0.1, 0.15) is 5.69 Å². The Labute approximate surface area is 129 Å². The predicted molar refractivity (Wildman–Crippen MR) is 79.9 cm³/mol. The lowest BCUT2D eigenvalue weighted by Gasteiger charge is -2.31. The molecule has 7 heteroatoms. The molecular formula is C15H21N3O4. The summed E-state index contributed by atoms with van der Waals surface area (Å²) in [5.41, 5.74) is 0.326. The highest BCUT2D eigenvalue weighted by molar-refractivity contribution is 5.92. The van der Waals surface area contributed by atoms with Crippen LogP contribution in [0.1, 0.15) is 30.3 Å². The van der Waals surface area contributed by atoms with Crippen LogP contribution < -0.4 is 10.1 Å². The number of piperidine rings is 1. The minimum Gasteiger partial charge on any atom is -0.481 e. The van der Waals surface area contributed by atoms with Crippen LogP contribution >= 0.6 is 0 Å². The van der Waals surface area contributed by atoms with E-state index in [0.717, 1.165) is 0 Å². The van der Waals surface area contributed by atoms with E-state index in [2.05, 4.69) is 10.3 Å². The number of methoxy groups -OCH3 is 1. The van der Waals surface area contributed by atoms with Crippen LogP contribution in [-0.2, 0) is 4.74 Å². The number of hydrogen-bond acceptors (Lipinski definition) is 5. The monoisotopic (exact) mass is 307 g/mol. The van der Waals surface area contributed by atoms with Crippen LogP contribution in [0, 0.1) is 0 Å². The Morgan fingerprint density at radius 3 is 2.73 bits per heavy atom. The van der Waals surface area contributed by atoms with Gasteiger partial charge in [-0.25, -0.2) is 9.78 Å². The van der Waals surface area contributed by atoms with Crippen molar-refractivity contribution in [3.8, 4) is 5.88 Å². The van der Waals surface area contributed by atoms with Crippen LogP contribution in [0.25, 0.3) is 0 Å². The maximum atomic E-state index is 12.2. The highest BCUT2D eigenvalue weighted by Gasteiger charge is 2.25. The first-order chi connectivity index (χ1) is 10.6. The lowest BCUT2D eigenvalue weighted by atomic mass is 10.1. The van der Waals surface area contributed by atoms with Crippen molar-refractivity contribution >= 4 is 12.0 Å². The smallest absolute Gasteiger partial charge is 0.409 e. The minimum atomic E-state index is -0.290. The van der Waals surface area contributed by atoms with Gasteiger partial charge in [0, 0.05) is 25.2 Å². The van der Waals surface area contributed by atoms with Gasteiger partial charge < -0.3 is 19.7 Å². The summed E-state index contributed by atoms with van der Waals surface area (Å²) in [5.74, 6) is 0.179. The number of nitrogens with one attached hydrogen (secondary N) is 1. The molecule has 0 aliphatic carbocycles. The molecule has 1 aromatic heterocycles. The Kier molecular flexibility index (Phi) is 5.57. The molecule has 0 aromatic carbocycles. The third-order valence-electron chi connectivity index (χ3n) is 3.52. The summed E-state index contributed by atoms with van der Waals surface area (Å²) >= 11 is 0. The molecule has 0 unspecified atom stereocenters. The number of hydrogen-bond donors (Lipinski definition) is 1. The average molecular weight is 307 g/mol. The lowest BCUT2D eigenvalue weighted by molar-refractivity contribution is 0.0856. The second-order valence-electron chi connectivity index (χ2n) is 5.00. The zero-order chi connectivity index (χ0) is 15.9. The molecule has 1 aliphatic heterocycles. The van der Waals surface area contributed by atoms with Crippen LogP contribution in [0.2, 0.25) is 0 Å². The number of amides is 2. The zero-order valence-corrected chi connectivity index (χ0v) is 12.9. The fourth-order valence-corrected chi connectivity index (χ4v) is 2.34. The highest BCUT2D eigenvalue weighted by Crippen LogP contribution is 2.13. The van der Waals surface area contributed by atoms with Crippen LogP contribution in [0.5, 0.6) is 5.88 Å². The van der Waals surface area contributed by atoms with E-state index in [4.69, 9.17) is 9.47 Å². The lowest BCUT2D eigenvalue weighted by Crippen LogP contribution is -2.46. The molecule has 1 fully saturated rings. The molecule has 1 aliphatic rings. The molecule has 0 atom stereocenters. The predicted octanol–water partition coefficient (Wildman–Crippen LogP) is 1.44.